The Morgan fingerprint density at radius 2 is 2.05 bits per heavy atom. The summed E-state index contributed by atoms with van der Waals surface area (Å²) in [7, 11) is 0. The second-order valence-electron chi connectivity index (χ2n) is 4.96. The van der Waals surface area contributed by atoms with Gasteiger partial charge in [0, 0.05) is 17.1 Å². The fourth-order valence-electron chi connectivity index (χ4n) is 2.06. The van der Waals surface area contributed by atoms with Crippen LogP contribution >= 0.6 is 15.9 Å². The number of carbonyl (C=O) groups is 2. The molecule has 1 aromatic carbocycles. The van der Waals surface area contributed by atoms with Crippen LogP contribution < -0.4 is 10.6 Å². The molecule has 0 spiro atoms. The van der Waals surface area contributed by atoms with E-state index in [2.05, 4.69) is 26.6 Å². The normalized spacial score (nSPS) is 15.4. The van der Waals surface area contributed by atoms with Gasteiger partial charge in [-0.25, -0.2) is 4.79 Å². The van der Waals surface area contributed by atoms with E-state index in [1.165, 1.54) is 0 Å². The molecule has 0 heterocycles. The van der Waals surface area contributed by atoms with E-state index < -0.39 is 5.97 Å². The zero-order valence-electron chi connectivity index (χ0n) is 10.9. The monoisotopic (exact) mass is 340 g/mol. The highest BCUT2D eigenvalue weighted by Gasteiger charge is 2.33. The maximum Gasteiger partial charge on any atom is 0.315 e. The van der Waals surface area contributed by atoms with Crippen LogP contribution in [0.1, 0.15) is 24.8 Å². The van der Waals surface area contributed by atoms with Gasteiger partial charge in [-0.2, -0.15) is 0 Å². The van der Waals surface area contributed by atoms with E-state index in [9.17, 15) is 9.59 Å². The van der Waals surface area contributed by atoms with Crippen molar-refractivity contribution in [1.29, 1.82) is 0 Å². The van der Waals surface area contributed by atoms with E-state index in [-0.39, 0.29) is 18.5 Å². The van der Waals surface area contributed by atoms with Crippen LogP contribution in [0, 0.1) is 5.92 Å². The van der Waals surface area contributed by atoms with E-state index >= 15 is 0 Å². The minimum atomic E-state index is -0.881. The van der Waals surface area contributed by atoms with Gasteiger partial charge in [-0.1, -0.05) is 34.1 Å². The van der Waals surface area contributed by atoms with Crippen molar-refractivity contribution in [2.24, 2.45) is 5.92 Å². The third-order valence-electron chi connectivity index (χ3n) is 3.30. The first-order chi connectivity index (χ1) is 9.56. The number of hydrogen-bond donors (Lipinski definition) is 3. The first-order valence-electron chi connectivity index (χ1n) is 6.56. The maximum absolute atomic E-state index is 11.8. The second kappa shape index (κ2) is 6.74. The Morgan fingerprint density at radius 3 is 2.65 bits per heavy atom. The highest BCUT2D eigenvalue weighted by Crippen LogP contribution is 2.33. The van der Waals surface area contributed by atoms with Gasteiger partial charge in [0.15, 0.2) is 0 Å². The number of rotatable bonds is 6. The summed E-state index contributed by atoms with van der Waals surface area (Å²) in [5.41, 5.74) is 0.976. The molecule has 1 aliphatic rings. The topological polar surface area (TPSA) is 78.4 Å². The summed E-state index contributed by atoms with van der Waals surface area (Å²) in [6.45, 7) is 0.401. The second-order valence-corrected chi connectivity index (χ2v) is 5.81. The molecule has 0 aliphatic heterocycles. The van der Waals surface area contributed by atoms with Gasteiger partial charge in [0.25, 0.3) is 0 Å². The number of halogens is 1. The summed E-state index contributed by atoms with van der Waals surface area (Å²) in [5.74, 6) is -0.576. The number of aliphatic carboxylic acids is 1. The van der Waals surface area contributed by atoms with Crippen molar-refractivity contribution >= 4 is 27.9 Å². The number of amides is 2. The van der Waals surface area contributed by atoms with Crippen LogP contribution in [0.4, 0.5) is 4.79 Å². The molecule has 1 unspecified atom stereocenters. The molecule has 1 saturated carbocycles. The number of hydrogen-bond acceptors (Lipinski definition) is 2. The lowest BCUT2D eigenvalue weighted by Gasteiger charge is -2.17. The molecule has 6 heteroatoms. The predicted octanol–water partition coefficient (Wildman–Crippen LogP) is 2.50. The van der Waals surface area contributed by atoms with Crippen LogP contribution in [0.5, 0.6) is 0 Å². The third kappa shape index (κ3) is 4.52. The van der Waals surface area contributed by atoms with E-state index in [1.54, 1.807) is 0 Å². The Kier molecular flexibility index (Phi) is 5.00. The molecule has 20 heavy (non-hydrogen) atoms. The van der Waals surface area contributed by atoms with Gasteiger partial charge >= 0.3 is 12.0 Å². The quantitative estimate of drug-likeness (QED) is 0.744. The zero-order chi connectivity index (χ0) is 14.5. The van der Waals surface area contributed by atoms with E-state index in [0.29, 0.717) is 12.5 Å². The molecule has 1 aromatic rings. The maximum atomic E-state index is 11.8. The minimum absolute atomic E-state index is 0.0207. The molecule has 5 nitrogen and oxygen atoms in total. The molecule has 0 saturated heterocycles. The van der Waals surface area contributed by atoms with Crippen molar-refractivity contribution in [3.63, 3.8) is 0 Å². The number of urea groups is 1. The van der Waals surface area contributed by atoms with Crippen LogP contribution in [0.25, 0.3) is 0 Å². The van der Waals surface area contributed by atoms with Crippen LogP contribution in [0.15, 0.2) is 28.7 Å². The first kappa shape index (κ1) is 14.8. The van der Waals surface area contributed by atoms with Gasteiger partial charge in [0.05, 0.1) is 6.42 Å². The first-order valence-corrected chi connectivity index (χ1v) is 7.35. The SMILES string of the molecule is O=C(O)CC(NC(=O)NCc1ccccc1Br)C1CC1. The molecule has 108 valence electrons. The van der Waals surface area contributed by atoms with Crippen molar-refractivity contribution in [3.8, 4) is 0 Å². The molecule has 1 atom stereocenters. The van der Waals surface area contributed by atoms with Crippen molar-refractivity contribution < 1.29 is 14.7 Å². The molecule has 1 fully saturated rings. The lowest BCUT2D eigenvalue weighted by molar-refractivity contribution is -0.137. The highest BCUT2D eigenvalue weighted by atomic mass is 79.9. The van der Waals surface area contributed by atoms with Gasteiger partial charge in [-0.15, -0.1) is 0 Å². The summed E-state index contributed by atoms with van der Waals surface area (Å²) < 4.78 is 0.935. The minimum Gasteiger partial charge on any atom is -0.481 e. The number of nitrogens with one attached hydrogen (secondary N) is 2. The van der Waals surface area contributed by atoms with Crippen molar-refractivity contribution in [3.05, 3.63) is 34.3 Å². The molecule has 0 aromatic heterocycles. The van der Waals surface area contributed by atoms with Crippen molar-refractivity contribution in [2.75, 3.05) is 0 Å². The molecular formula is C14H17BrN2O3. The van der Waals surface area contributed by atoms with E-state index in [1.807, 2.05) is 24.3 Å². The van der Waals surface area contributed by atoms with Gasteiger partial charge in [-0.05, 0) is 30.4 Å². The number of carbonyl (C=O) groups excluding carboxylic acids is 1. The van der Waals surface area contributed by atoms with Gasteiger partial charge in [-0.3, -0.25) is 4.79 Å². The summed E-state index contributed by atoms with van der Waals surface area (Å²) in [6.07, 6.45) is 1.96. The molecule has 0 radical (unpaired) electrons. The Bertz CT molecular complexity index is 503. The zero-order valence-corrected chi connectivity index (χ0v) is 12.5. The molecule has 3 N–H and O–H groups in total. The van der Waals surface area contributed by atoms with Crippen LogP contribution in [-0.2, 0) is 11.3 Å². The van der Waals surface area contributed by atoms with Crippen molar-refractivity contribution in [1.82, 2.24) is 10.6 Å². The van der Waals surface area contributed by atoms with Gasteiger partial charge < -0.3 is 15.7 Å². The fraction of sp³-hybridized carbons (Fsp3) is 0.429. The predicted molar refractivity (Wildman–Crippen MR) is 78.3 cm³/mol. The Labute approximate surface area is 125 Å². The average Bonchev–Trinajstić information content (AvgIpc) is 3.21. The van der Waals surface area contributed by atoms with Gasteiger partial charge in [0.2, 0.25) is 0 Å². The van der Waals surface area contributed by atoms with Crippen LogP contribution in [0.3, 0.4) is 0 Å². The lowest BCUT2D eigenvalue weighted by atomic mass is 10.1. The third-order valence-corrected chi connectivity index (χ3v) is 4.07. The van der Waals surface area contributed by atoms with E-state index in [0.717, 1.165) is 22.9 Å². The molecule has 2 rings (SSSR count). The van der Waals surface area contributed by atoms with Gasteiger partial charge in [0.1, 0.15) is 0 Å². The summed E-state index contributed by atoms with van der Waals surface area (Å²) in [6, 6.07) is 7.04. The standard InChI is InChI=1S/C14H17BrN2O3/c15-11-4-2-1-3-10(11)8-16-14(20)17-12(7-13(18)19)9-5-6-9/h1-4,9,12H,5-8H2,(H,18,19)(H2,16,17,20). The summed E-state index contributed by atoms with van der Waals surface area (Å²) >= 11 is 3.41. The number of benzene rings is 1. The number of carboxylic acid groups (broad SMARTS) is 1. The summed E-state index contributed by atoms with van der Waals surface area (Å²) in [5, 5.41) is 14.3. The molecule has 0 bridgehead atoms. The van der Waals surface area contributed by atoms with Crippen LogP contribution in [0.2, 0.25) is 0 Å². The summed E-state index contributed by atoms with van der Waals surface area (Å²) in [4.78, 5) is 22.6. The Hall–Kier alpha value is -1.56. The Morgan fingerprint density at radius 1 is 1.35 bits per heavy atom. The highest BCUT2D eigenvalue weighted by molar-refractivity contribution is 9.10. The fourth-order valence-corrected chi connectivity index (χ4v) is 2.48. The van der Waals surface area contributed by atoms with E-state index in [4.69, 9.17) is 5.11 Å². The number of carboxylic acids is 1. The Balaban J connectivity index is 1.82. The average molecular weight is 341 g/mol. The largest absolute Gasteiger partial charge is 0.481 e. The van der Waals surface area contributed by atoms with Crippen molar-refractivity contribution in [2.45, 2.75) is 31.8 Å². The molecule has 2 amide bonds. The van der Waals surface area contributed by atoms with Crippen LogP contribution in [-0.4, -0.2) is 23.1 Å². The lowest BCUT2D eigenvalue weighted by Crippen LogP contribution is -2.43. The smallest absolute Gasteiger partial charge is 0.315 e. The molecule has 1 aliphatic carbocycles. The molecular weight excluding hydrogens is 324 g/mol.